The lowest BCUT2D eigenvalue weighted by molar-refractivity contribution is 0.0785. The molecule has 1 saturated heterocycles. The van der Waals surface area contributed by atoms with E-state index in [1.54, 1.807) is 23.7 Å². The molecule has 0 aliphatic carbocycles. The molecule has 1 aliphatic rings. The molecule has 1 aromatic heterocycles. The standard InChI is InChI=1S/C11H15N3O2S/c1-13-10(15)4-3-9(12-13)11(16)14-6-5-8(7-14)17-2/h3-4,8H,5-7H2,1-2H3. The molecule has 1 atom stereocenters. The van der Waals surface area contributed by atoms with Crippen LogP contribution in [0.5, 0.6) is 0 Å². The van der Waals surface area contributed by atoms with Crippen molar-refractivity contribution in [1.29, 1.82) is 0 Å². The Hall–Kier alpha value is -1.30. The van der Waals surface area contributed by atoms with E-state index in [2.05, 4.69) is 11.4 Å². The molecule has 1 aliphatic heterocycles. The van der Waals surface area contributed by atoms with Crippen LogP contribution in [0, 0.1) is 0 Å². The van der Waals surface area contributed by atoms with E-state index in [1.165, 1.54) is 16.8 Å². The fourth-order valence-corrected chi connectivity index (χ4v) is 2.55. The van der Waals surface area contributed by atoms with Gasteiger partial charge in [-0.25, -0.2) is 4.68 Å². The Kier molecular flexibility index (Phi) is 3.51. The summed E-state index contributed by atoms with van der Waals surface area (Å²) in [6.45, 7) is 1.54. The molecular weight excluding hydrogens is 238 g/mol. The van der Waals surface area contributed by atoms with Gasteiger partial charge in [-0.1, -0.05) is 0 Å². The fraction of sp³-hybridized carbons (Fsp3) is 0.545. The summed E-state index contributed by atoms with van der Waals surface area (Å²) < 4.78 is 1.19. The summed E-state index contributed by atoms with van der Waals surface area (Å²) in [5.74, 6) is -0.0860. The highest BCUT2D eigenvalue weighted by atomic mass is 32.2. The predicted molar refractivity (Wildman–Crippen MR) is 67.3 cm³/mol. The van der Waals surface area contributed by atoms with Crippen LogP contribution in [0.3, 0.4) is 0 Å². The van der Waals surface area contributed by atoms with Gasteiger partial charge in [0.2, 0.25) is 0 Å². The van der Waals surface area contributed by atoms with Gasteiger partial charge < -0.3 is 4.90 Å². The van der Waals surface area contributed by atoms with Crippen LogP contribution in [-0.4, -0.2) is 45.2 Å². The van der Waals surface area contributed by atoms with Crippen LogP contribution in [0.1, 0.15) is 16.9 Å². The second-order valence-corrected chi connectivity index (χ2v) is 5.22. The molecule has 5 nitrogen and oxygen atoms in total. The minimum Gasteiger partial charge on any atom is -0.336 e. The molecule has 2 rings (SSSR count). The zero-order valence-electron chi connectivity index (χ0n) is 9.92. The Morgan fingerprint density at radius 3 is 2.88 bits per heavy atom. The molecule has 0 aromatic carbocycles. The van der Waals surface area contributed by atoms with Gasteiger partial charge in [-0.05, 0) is 18.7 Å². The molecule has 17 heavy (non-hydrogen) atoms. The van der Waals surface area contributed by atoms with Crippen molar-refractivity contribution in [2.75, 3.05) is 19.3 Å². The molecule has 1 unspecified atom stereocenters. The molecule has 0 N–H and O–H groups in total. The highest BCUT2D eigenvalue weighted by molar-refractivity contribution is 7.99. The quantitative estimate of drug-likeness (QED) is 0.763. The number of hydrogen-bond acceptors (Lipinski definition) is 4. The van der Waals surface area contributed by atoms with Gasteiger partial charge in [0.25, 0.3) is 11.5 Å². The first-order chi connectivity index (χ1) is 8.11. The average molecular weight is 253 g/mol. The van der Waals surface area contributed by atoms with Gasteiger partial charge in [-0.3, -0.25) is 9.59 Å². The lowest BCUT2D eigenvalue weighted by Crippen LogP contribution is -2.32. The van der Waals surface area contributed by atoms with Crippen LogP contribution in [-0.2, 0) is 7.05 Å². The van der Waals surface area contributed by atoms with Gasteiger partial charge in [0, 0.05) is 31.5 Å². The third kappa shape index (κ3) is 2.52. The van der Waals surface area contributed by atoms with Gasteiger partial charge >= 0.3 is 0 Å². The number of likely N-dealkylation sites (tertiary alicyclic amines) is 1. The monoisotopic (exact) mass is 253 g/mol. The van der Waals surface area contributed by atoms with Crippen LogP contribution < -0.4 is 5.56 Å². The minimum atomic E-state index is -0.204. The normalized spacial score (nSPS) is 19.6. The van der Waals surface area contributed by atoms with Crippen LogP contribution in [0.4, 0.5) is 0 Å². The van der Waals surface area contributed by atoms with E-state index in [9.17, 15) is 9.59 Å². The molecule has 1 aromatic rings. The molecule has 92 valence electrons. The SMILES string of the molecule is CSC1CCN(C(=O)c2ccc(=O)n(C)n2)C1. The van der Waals surface area contributed by atoms with Crippen molar-refractivity contribution in [2.24, 2.45) is 7.05 Å². The van der Waals surface area contributed by atoms with E-state index in [-0.39, 0.29) is 11.5 Å². The number of carbonyl (C=O) groups is 1. The number of hydrogen-bond donors (Lipinski definition) is 0. The zero-order valence-corrected chi connectivity index (χ0v) is 10.7. The number of carbonyl (C=O) groups excluding carboxylic acids is 1. The van der Waals surface area contributed by atoms with E-state index >= 15 is 0 Å². The molecule has 0 spiro atoms. The van der Waals surface area contributed by atoms with E-state index in [0.717, 1.165) is 19.5 Å². The largest absolute Gasteiger partial charge is 0.336 e. The van der Waals surface area contributed by atoms with Crippen LogP contribution >= 0.6 is 11.8 Å². The van der Waals surface area contributed by atoms with E-state index in [1.807, 2.05) is 0 Å². The molecule has 2 heterocycles. The van der Waals surface area contributed by atoms with Gasteiger partial charge in [0.15, 0.2) is 0 Å². The Balaban J connectivity index is 2.15. The predicted octanol–water partition coefficient (Wildman–Crippen LogP) is 0.358. The van der Waals surface area contributed by atoms with Crippen molar-refractivity contribution >= 4 is 17.7 Å². The maximum atomic E-state index is 12.1. The zero-order chi connectivity index (χ0) is 12.4. The topological polar surface area (TPSA) is 55.2 Å². The Morgan fingerprint density at radius 2 is 2.29 bits per heavy atom. The highest BCUT2D eigenvalue weighted by Crippen LogP contribution is 2.21. The summed E-state index contributed by atoms with van der Waals surface area (Å²) >= 11 is 1.78. The van der Waals surface area contributed by atoms with Crippen molar-refractivity contribution in [3.63, 3.8) is 0 Å². The van der Waals surface area contributed by atoms with Gasteiger partial charge in [0.1, 0.15) is 5.69 Å². The number of rotatable bonds is 2. The first-order valence-electron chi connectivity index (χ1n) is 5.48. The summed E-state index contributed by atoms with van der Waals surface area (Å²) in [7, 11) is 1.55. The lowest BCUT2D eigenvalue weighted by atomic mass is 10.3. The second-order valence-electron chi connectivity index (χ2n) is 4.08. The van der Waals surface area contributed by atoms with E-state index < -0.39 is 0 Å². The number of amides is 1. The fourth-order valence-electron chi connectivity index (χ4n) is 1.88. The summed E-state index contributed by atoms with van der Waals surface area (Å²) in [6.07, 6.45) is 3.09. The lowest BCUT2D eigenvalue weighted by Gasteiger charge is -2.15. The van der Waals surface area contributed by atoms with Gasteiger partial charge in [-0.15, -0.1) is 0 Å². The maximum absolute atomic E-state index is 12.1. The smallest absolute Gasteiger partial charge is 0.274 e. The van der Waals surface area contributed by atoms with Crippen LogP contribution in [0.25, 0.3) is 0 Å². The van der Waals surface area contributed by atoms with Crippen molar-refractivity contribution < 1.29 is 4.79 Å². The summed E-state index contributed by atoms with van der Waals surface area (Å²) in [5.41, 5.74) is 0.138. The average Bonchev–Trinajstić information content (AvgIpc) is 2.80. The molecule has 1 fully saturated rings. The van der Waals surface area contributed by atoms with Crippen molar-refractivity contribution in [1.82, 2.24) is 14.7 Å². The number of thioether (sulfide) groups is 1. The molecule has 6 heteroatoms. The van der Waals surface area contributed by atoms with Crippen LogP contribution in [0.15, 0.2) is 16.9 Å². The molecular formula is C11H15N3O2S. The summed E-state index contributed by atoms with van der Waals surface area (Å²) in [6, 6.07) is 2.87. The van der Waals surface area contributed by atoms with Crippen LogP contribution in [0.2, 0.25) is 0 Å². The number of aromatic nitrogens is 2. The molecule has 0 radical (unpaired) electrons. The van der Waals surface area contributed by atoms with Crippen molar-refractivity contribution in [2.45, 2.75) is 11.7 Å². The summed E-state index contributed by atoms with van der Waals surface area (Å²) in [4.78, 5) is 25.1. The van der Waals surface area contributed by atoms with Gasteiger partial charge in [0.05, 0.1) is 0 Å². The first-order valence-corrected chi connectivity index (χ1v) is 6.77. The number of aryl methyl sites for hydroxylation is 1. The summed E-state index contributed by atoms with van der Waals surface area (Å²) in [5, 5.41) is 4.49. The minimum absolute atomic E-state index is 0.0860. The third-order valence-electron chi connectivity index (χ3n) is 2.95. The van der Waals surface area contributed by atoms with Crippen molar-refractivity contribution in [3.8, 4) is 0 Å². The molecule has 0 saturated carbocycles. The van der Waals surface area contributed by atoms with Gasteiger partial charge in [-0.2, -0.15) is 16.9 Å². The third-order valence-corrected chi connectivity index (χ3v) is 4.00. The second kappa shape index (κ2) is 4.91. The van der Waals surface area contributed by atoms with E-state index in [0.29, 0.717) is 10.9 Å². The Morgan fingerprint density at radius 1 is 1.53 bits per heavy atom. The van der Waals surface area contributed by atoms with E-state index in [4.69, 9.17) is 0 Å². The Bertz CT molecular complexity index is 486. The first kappa shape index (κ1) is 12.2. The highest BCUT2D eigenvalue weighted by Gasteiger charge is 2.27. The number of nitrogens with zero attached hydrogens (tertiary/aromatic N) is 3. The Labute approximate surface area is 104 Å². The molecule has 0 bridgehead atoms. The van der Waals surface area contributed by atoms with Crippen molar-refractivity contribution in [3.05, 3.63) is 28.2 Å². The molecule has 1 amide bonds. The maximum Gasteiger partial charge on any atom is 0.274 e.